The number of anilines is 2. The molecule has 2 aliphatic rings. The van der Waals surface area contributed by atoms with Crippen LogP contribution in [0.3, 0.4) is 0 Å². The van der Waals surface area contributed by atoms with E-state index in [4.69, 9.17) is 11.6 Å². The highest BCUT2D eigenvalue weighted by Gasteiger charge is 2.82. The standard InChI is InChI=1S/C24H22ClF7N6O3S/c1-21(24(30,31)32)11-37(14-10-34-16-9-15(25)36-38(16)18(14)21)13-5-3-12(4-6-13)17-22(2,23(17,28)29)19(39)33-7-8-35-42(40,41)20(26)27/h3-6,9-10,17,20,35H,7-8,11H2,1-2H3,(H,33,39)/t17-,21-,22+/m1/s1. The van der Waals surface area contributed by atoms with Crippen molar-refractivity contribution < 1.29 is 43.9 Å². The topological polar surface area (TPSA) is 109 Å². The molecule has 2 aromatic heterocycles. The molecule has 18 heteroatoms. The summed E-state index contributed by atoms with van der Waals surface area (Å²) >= 11 is 5.92. The second-order valence-electron chi connectivity index (χ2n) is 10.5. The van der Waals surface area contributed by atoms with Gasteiger partial charge in [-0.25, -0.2) is 31.4 Å². The highest BCUT2D eigenvalue weighted by atomic mass is 35.5. The maximum atomic E-state index is 14.9. The molecule has 1 saturated carbocycles. The van der Waals surface area contributed by atoms with Crippen molar-refractivity contribution in [1.29, 1.82) is 0 Å². The summed E-state index contributed by atoms with van der Waals surface area (Å²) in [4.78, 5) is 18.1. The first-order valence-corrected chi connectivity index (χ1v) is 14.2. The molecule has 1 aliphatic carbocycles. The fraction of sp³-hybridized carbons (Fsp3) is 0.458. The average Bonchev–Trinajstić information content (AvgIpc) is 3.17. The summed E-state index contributed by atoms with van der Waals surface area (Å²) in [6.07, 6.45) is -3.45. The van der Waals surface area contributed by atoms with Crippen LogP contribution in [0.5, 0.6) is 0 Å². The Morgan fingerprint density at radius 3 is 2.40 bits per heavy atom. The van der Waals surface area contributed by atoms with Crippen molar-refractivity contribution in [2.45, 2.75) is 43.0 Å². The van der Waals surface area contributed by atoms with Gasteiger partial charge < -0.3 is 10.2 Å². The van der Waals surface area contributed by atoms with Gasteiger partial charge in [-0.15, -0.1) is 0 Å². The molecule has 3 heterocycles. The van der Waals surface area contributed by atoms with E-state index in [1.54, 1.807) is 4.72 Å². The van der Waals surface area contributed by atoms with E-state index in [0.717, 1.165) is 18.4 Å². The van der Waals surface area contributed by atoms with Crippen molar-refractivity contribution >= 4 is 44.6 Å². The Labute approximate surface area is 239 Å². The Morgan fingerprint density at radius 2 is 1.81 bits per heavy atom. The minimum Gasteiger partial charge on any atom is -0.354 e. The summed E-state index contributed by atoms with van der Waals surface area (Å²) in [5, 5.41) is 6.05. The molecule has 3 aromatic rings. The van der Waals surface area contributed by atoms with Crippen LogP contribution in [0.1, 0.15) is 31.0 Å². The summed E-state index contributed by atoms with van der Waals surface area (Å²) < 4.78 is 123. The number of hydrogen-bond acceptors (Lipinski definition) is 6. The summed E-state index contributed by atoms with van der Waals surface area (Å²) in [6.45, 7) is 0.305. The number of benzene rings is 1. The Hall–Kier alpha value is -3.18. The van der Waals surface area contributed by atoms with E-state index in [1.807, 2.05) is 0 Å². The molecule has 3 atom stereocenters. The first-order valence-electron chi connectivity index (χ1n) is 12.3. The Balaban J connectivity index is 1.37. The van der Waals surface area contributed by atoms with Crippen LogP contribution in [-0.2, 0) is 20.2 Å². The number of alkyl halides is 7. The molecular formula is C24H22ClF7N6O3S. The van der Waals surface area contributed by atoms with Crippen molar-refractivity contribution in [1.82, 2.24) is 24.6 Å². The number of carbonyl (C=O) groups excluding carboxylic acids is 1. The molecule has 0 bridgehead atoms. The third-order valence-electron chi connectivity index (χ3n) is 7.85. The number of hydrogen-bond donors (Lipinski definition) is 2. The number of halogens is 8. The van der Waals surface area contributed by atoms with Gasteiger partial charge in [-0.1, -0.05) is 23.7 Å². The predicted octanol–water partition coefficient (Wildman–Crippen LogP) is 4.35. The number of amides is 1. The van der Waals surface area contributed by atoms with E-state index in [9.17, 15) is 43.9 Å². The summed E-state index contributed by atoms with van der Waals surface area (Å²) in [5.41, 5.74) is -4.32. The van der Waals surface area contributed by atoms with E-state index in [0.29, 0.717) is 0 Å². The van der Waals surface area contributed by atoms with Gasteiger partial charge in [-0.3, -0.25) is 4.79 Å². The summed E-state index contributed by atoms with van der Waals surface area (Å²) in [5.74, 6) is -9.94. The van der Waals surface area contributed by atoms with Gasteiger partial charge in [0, 0.05) is 31.4 Å². The zero-order valence-electron chi connectivity index (χ0n) is 21.7. The van der Waals surface area contributed by atoms with Crippen LogP contribution in [0.2, 0.25) is 5.15 Å². The van der Waals surface area contributed by atoms with Gasteiger partial charge in [0.05, 0.1) is 23.5 Å². The monoisotopic (exact) mass is 642 g/mol. The lowest BCUT2D eigenvalue weighted by atomic mass is 9.87. The van der Waals surface area contributed by atoms with Gasteiger partial charge in [0.2, 0.25) is 5.91 Å². The molecule has 5 rings (SSSR count). The van der Waals surface area contributed by atoms with Crippen molar-refractivity contribution in [3.8, 4) is 0 Å². The Morgan fingerprint density at radius 1 is 1.17 bits per heavy atom. The second-order valence-corrected chi connectivity index (χ2v) is 12.6. The normalized spacial score (nSPS) is 25.2. The van der Waals surface area contributed by atoms with E-state index in [2.05, 4.69) is 15.4 Å². The molecule has 228 valence electrons. The third kappa shape index (κ3) is 4.47. The van der Waals surface area contributed by atoms with Gasteiger partial charge in [0.25, 0.3) is 15.9 Å². The quantitative estimate of drug-likeness (QED) is 0.280. The van der Waals surface area contributed by atoms with Crippen LogP contribution < -0.4 is 14.9 Å². The molecule has 0 unspecified atom stereocenters. The molecule has 1 aliphatic heterocycles. The minimum atomic E-state index is -4.91. The fourth-order valence-corrected chi connectivity index (χ4v) is 6.05. The summed E-state index contributed by atoms with van der Waals surface area (Å²) in [7, 11) is -4.91. The number of nitrogens with zero attached hydrogens (tertiary/aromatic N) is 4. The van der Waals surface area contributed by atoms with Gasteiger partial charge in [0.15, 0.2) is 10.8 Å². The third-order valence-corrected chi connectivity index (χ3v) is 9.12. The van der Waals surface area contributed by atoms with Crippen LogP contribution in [0, 0.1) is 5.41 Å². The van der Waals surface area contributed by atoms with E-state index in [-0.39, 0.29) is 33.4 Å². The highest BCUT2D eigenvalue weighted by molar-refractivity contribution is 7.89. The Bertz CT molecular complexity index is 1670. The minimum absolute atomic E-state index is 0.0326. The van der Waals surface area contributed by atoms with Gasteiger partial charge in [-0.2, -0.15) is 27.1 Å². The molecule has 1 fully saturated rings. The molecule has 2 N–H and O–H groups in total. The number of sulfonamides is 1. The van der Waals surface area contributed by atoms with Crippen LogP contribution >= 0.6 is 11.6 Å². The molecule has 1 amide bonds. The lowest BCUT2D eigenvalue weighted by molar-refractivity contribution is -0.181. The first-order chi connectivity index (χ1) is 19.4. The number of carbonyl (C=O) groups is 1. The van der Waals surface area contributed by atoms with Crippen LogP contribution in [0.4, 0.5) is 42.1 Å². The Kier molecular flexibility index (Phi) is 6.97. The van der Waals surface area contributed by atoms with Crippen LogP contribution in [-0.4, -0.2) is 66.4 Å². The average molecular weight is 643 g/mol. The van der Waals surface area contributed by atoms with Crippen LogP contribution in [0.15, 0.2) is 36.5 Å². The van der Waals surface area contributed by atoms with Gasteiger partial charge >= 0.3 is 11.9 Å². The van der Waals surface area contributed by atoms with Crippen molar-refractivity contribution in [2.75, 3.05) is 24.5 Å². The maximum absolute atomic E-state index is 14.9. The molecule has 0 spiro atoms. The smallest absolute Gasteiger partial charge is 0.354 e. The molecule has 9 nitrogen and oxygen atoms in total. The van der Waals surface area contributed by atoms with Crippen molar-refractivity contribution in [2.24, 2.45) is 5.41 Å². The van der Waals surface area contributed by atoms with Gasteiger partial charge in [-0.05, 0) is 31.5 Å². The molecule has 1 aromatic carbocycles. The lowest BCUT2D eigenvalue weighted by Crippen LogP contribution is -2.43. The van der Waals surface area contributed by atoms with Crippen LogP contribution in [0.25, 0.3) is 5.65 Å². The molecular weight excluding hydrogens is 621 g/mol. The first kappa shape index (κ1) is 30.3. The number of fused-ring (bicyclic) bond motifs is 3. The second kappa shape index (κ2) is 9.67. The number of rotatable bonds is 8. The zero-order valence-corrected chi connectivity index (χ0v) is 23.3. The molecule has 0 radical (unpaired) electrons. The van der Waals surface area contributed by atoms with E-state index >= 15 is 0 Å². The number of aromatic nitrogens is 3. The van der Waals surface area contributed by atoms with Gasteiger partial charge in [0.1, 0.15) is 10.8 Å². The number of nitrogens with one attached hydrogen (secondary N) is 2. The van der Waals surface area contributed by atoms with E-state index < -0.39 is 70.2 Å². The highest BCUT2D eigenvalue weighted by Crippen LogP contribution is 2.71. The SMILES string of the molecule is C[C@@]1(C(F)(F)F)CN(c2ccc([C@H]3C(F)(F)[C@]3(C)C(=O)NCCNS(=O)(=O)C(F)F)cc2)c2cnc3cc(Cl)nn3c21. The molecule has 42 heavy (non-hydrogen) atoms. The largest absolute Gasteiger partial charge is 0.401 e. The zero-order chi connectivity index (χ0) is 31.0. The van der Waals surface area contributed by atoms with Crippen molar-refractivity contribution in [3.05, 3.63) is 52.9 Å². The predicted molar refractivity (Wildman–Crippen MR) is 137 cm³/mol. The summed E-state index contributed by atoms with van der Waals surface area (Å²) in [6, 6.07) is 6.59. The fourth-order valence-electron chi connectivity index (χ4n) is 5.36. The van der Waals surface area contributed by atoms with Crippen molar-refractivity contribution in [3.63, 3.8) is 0 Å². The van der Waals surface area contributed by atoms with E-state index in [1.165, 1.54) is 41.4 Å². The lowest BCUT2D eigenvalue weighted by Gasteiger charge is -2.28. The maximum Gasteiger partial charge on any atom is 0.401 e. The molecule has 0 saturated heterocycles.